The lowest BCUT2D eigenvalue weighted by Gasteiger charge is -2.33. The molecule has 1 atom stereocenters. The van der Waals surface area contributed by atoms with Gasteiger partial charge < -0.3 is 10.1 Å². The van der Waals surface area contributed by atoms with E-state index in [0.717, 1.165) is 32.0 Å². The molecule has 1 fully saturated rings. The van der Waals surface area contributed by atoms with Gasteiger partial charge in [-0.25, -0.2) is 0 Å². The molecule has 26 heavy (non-hydrogen) atoms. The van der Waals surface area contributed by atoms with Crippen LogP contribution in [0, 0.1) is 0 Å². The number of rotatable bonds is 8. The molecular weight excluding hydrogens is 344 g/mol. The minimum Gasteiger partial charge on any atom is -0.374 e. The first kappa shape index (κ1) is 19.0. The van der Waals surface area contributed by atoms with Crippen LogP contribution < -0.4 is 5.32 Å². The number of thioether (sulfide) groups is 1. The van der Waals surface area contributed by atoms with E-state index in [-0.39, 0.29) is 12.0 Å². The molecule has 1 aliphatic rings. The van der Waals surface area contributed by atoms with Gasteiger partial charge in [-0.2, -0.15) is 0 Å². The van der Waals surface area contributed by atoms with Crippen molar-refractivity contribution in [2.24, 2.45) is 0 Å². The number of carbonyl (C=O) groups is 1. The van der Waals surface area contributed by atoms with E-state index >= 15 is 0 Å². The number of hydrogen-bond donors (Lipinski definition) is 1. The molecular formula is C21H26N2O2S. The summed E-state index contributed by atoms with van der Waals surface area (Å²) in [6.07, 6.45) is 0.0653. The molecule has 4 nitrogen and oxygen atoms in total. The van der Waals surface area contributed by atoms with Crippen LogP contribution in [0.4, 0.5) is 0 Å². The summed E-state index contributed by atoms with van der Waals surface area (Å²) in [4.78, 5) is 14.4. The maximum Gasteiger partial charge on any atom is 0.230 e. The second-order valence-electron chi connectivity index (χ2n) is 6.50. The summed E-state index contributed by atoms with van der Waals surface area (Å²) >= 11 is 1.64. The first-order valence-electron chi connectivity index (χ1n) is 9.06. The number of hydrogen-bond acceptors (Lipinski definition) is 4. The standard InChI is InChI=1S/C21H26N2O2S/c24-21(17-26-16-19-9-5-2-6-10-19)22-13-20-15-23(11-12-25-20)14-18-7-3-1-4-8-18/h1-10,20H,11-17H2,(H,22,24). The van der Waals surface area contributed by atoms with Gasteiger partial charge in [0.15, 0.2) is 0 Å². The average molecular weight is 371 g/mol. The Balaban J connectivity index is 1.34. The third kappa shape index (κ3) is 6.48. The largest absolute Gasteiger partial charge is 0.374 e. The third-order valence-electron chi connectivity index (χ3n) is 4.34. The molecule has 1 N–H and O–H groups in total. The Morgan fingerprint density at radius 2 is 1.77 bits per heavy atom. The monoisotopic (exact) mass is 370 g/mol. The zero-order valence-corrected chi connectivity index (χ0v) is 15.8. The highest BCUT2D eigenvalue weighted by Gasteiger charge is 2.20. The van der Waals surface area contributed by atoms with Crippen molar-refractivity contribution in [2.45, 2.75) is 18.4 Å². The van der Waals surface area contributed by atoms with Crippen molar-refractivity contribution in [1.82, 2.24) is 10.2 Å². The van der Waals surface area contributed by atoms with E-state index in [0.29, 0.717) is 12.3 Å². The lowest BCUT2D eigenvalue weighted by Crippen LogP contribution is -2.47. The van der Waals surface area contributed by atoms with Crippen molar-refractivity contribution in [1.29, 1.82) is 0 Å². The van der Waals surface area contributed by atoms with E-state index in [1.165, 1.54) is 11.1 Å². The van der Waals surface area contributed by atoms with E-state index in [1.54, 1.807) is 11.8 Å². The predicted octanol–water partition coefficient (Wildman–Crippen LogP) is 2.94. The molecule has 1 amide bonds. The van der Waals surface area contributed by atoms with Gasteiger partial charge in [0.2, 0.25) is 5.91 Å². The summed E-state index contributed by atoms with van der Waals surface area (Å²) < 4.78 is 5.81. The topological polar surface area (TPSA) is 41.6 Å². The van der Waals surface area contributed by atoms with Gasteiger partial charge in [0.25, 0.3) is 0 Å². The molecule has 0 bridgehead atoms. The molecule has 1 unspecified atom stereocenters. The van der Waals surface area contributed by atoms with Crippen LogP contribution in [0.1, 0.15) is 11.1 Å². The molecule has 3 rings (SSSR count). The fraction of sp³-hybridized carbons (Fsp3) is 0.381. The quantitative estimate of drug-likeness (QED) is 0.776. The first-order chi connectivity index (χ1) is 12.8. The van der Waals surface area contributed by atoms with Gasteiger partial charge in [0.1, 0.15) is 0 Å². The van der Waals surface area contributed by atoms with Gasteiger partial charge >= 0.3 is 0 Å². The number of amides is 1. The Kier molecular flexibility index (Phi) is 7.55. The van der Waals surface area contributed by atoms with Gasteiger partial charge in [-0.05, 0) is 11.1 Å². The van der Waals surface area contributed by atoms with Gasteiger partial charge in [-0.3, -0.25) is 9.69 Å². The summed E-state index contributed by atoms with van der Waals surface area (Å²) in [5.41, 5.74) is 2.56. The molecule has 2 aromatic carbocycles. The molecule has 0 aromatic heterocycles. The van der Waals surface area contributed by atoms with E-state index in [2.05, 4.69) is 46.6 Å². The van der Waals surface area contributed by atoms with Crippen LogP contribution in [0.2, 0.25) is 0 Å². The fourth-order valence-electron chi connectivity index (χ4n) is 3.00. The highest BCUT2D eigenvalue weighted by atomic mass is 32.2. The minimum atomic E-state index is 0.0653. The molecule has 0 aliphatic carbocycles. The van der Waals surface area contributed by atoms with Gasteiger partial charge in [-0.1, -0.05) is 60.7 Å². The summed E-state index contributed by atoms with van der Waals surface area (Å²) in [7, 11) is 0. The summed E-state index contributed by atoms with van der Waals surface area (Å²) in [5, 5.41) is 3.01. The molecule has 1 heterocycles. The normalized spacial score (nSPS) is 17.8. The van der Waals surface area contributed by atoms with E-state index in [9.17, 15) is 4.79 Å². The molecule has 2 aromatic rings. The van der Waals surface area contributed by atoms with Crippen LogP contribution in [-0.2, 0) is 21.8 Å². The number of morpholine rings is 1. The Morgan fingerprint density at radius 1 is 1.08 bits per heavy atom. The maximum absolute atomic E-state index is 12.0. The van der Waals surface area contributed by atoms with Crippen molar-refractivity contribution in [3.05, 3.63) is 71.8 Å². The van der Waals surface area contributed by atoms with Crippen LogP contribution in [0.5, 0.6) is 0 Å². The average Bonchev–Trinajstić information content (AvgIpc) is 2.68. The zero-order valence-electron chi connectivity index (χ0n) is 15.0. The molecule has 1 aliphatic heterocycles. The van der Waals surface area contributed by atoms with E-state index < -0.39 is 0 Å². The van der Waals surface area contributed by atoms with Crippen molar-refractivity contribution in [3.63, 3.8) is 0 Å². The fourth-order valence-corrected chi connectivity index (χ4v) is 3.82. The zero-order chi connectivity index (χ0) is 18.0. The molecule has 0 saturated carbocycles. The highest BCUT2D eigenvalue weighted by Crippen LogP contribution is 2.12. The van der Waals surface area contributed by atoms with Crippen molar-refractivity contribution in [2.75, 3.05) is 32.0 Å². The Labute approximate surface area is 159 Å². The SMILES string of the molecule is O=C(CSCc1ccccc1)NCC1CN(Cc2ccccc2)CCO1. The molecule has 0 radical (unpaired) electrons. The first-order valence-corrected chi connectivity index (χ1v) is 10.2. The molecule has 5 heteroatoms. The molecule has 0 spiro atoms. The number of nitrogens with zero attached hydrogens (tertiary/aromatic N) is 1. The van der Waals surface area contributed by atoms with Crippen LogP contribution in [0.3, 0.4) is 0 Å². The molecule has 1 saturated heterocycles. The van der Waals surface area contributed by atoms with Crippen LogP contribution in [0.25, 0.3) is 0 Å². The van der Waals surface area contributed by atoms with Gasteiger partial charge in [0.05, 0.1) is 18.5 Å². The van der Waals surface area contributed by atoms with Crippen LogP contribution >= 0.6 is 11.8 Å². The second kappa shape index (κ2) is 10.4. The van der Waals surface area contributed by atoms with Gasteiger partial charge in [0, 0.05) is 31.9 Å². The summed E-state index contributed by atoms with van der Waals surface area (Å²) in [6.45, 7) is 4.02. The van der Waals surface area contributed by atoms with Crippen molar-refractivity contribution >= 4 is 17.7 Å². The van der Waals surface area contributed by atoms with E-state index in [4.69, 9.17) is 4.74 Å². The molecule has 138 valence electrons. The smallest absolute Gasteiger partial charge is 0.230 e. The van der Waals surface area contributed by atoms with E-state index in [1.807, 2.05) is 24.3 Å². The summed E-state index contributed by atoms with van der Waals surface area (Å²) in [5.74, 6) is 1.42. The number of carbonyl (C=O) groups excluding carboxylic acids is 1. The Bertz CT molecular complexity index is 666. The Hall–Kier alpha value is -1.82. The lowest BCUT2D eigenvalue weighted by molar-refractivity contribution is -0.119. The highest BCUT2D eigenvalue weighted by molar-refractivity contribution is 7.99. The lowest BCUT2D eigenvalue weighted by atomic mass is 10.2. The van der Waals surface area contributed by atoms with Crippen LogP contribution in [-0.4, -0.2) is 48.9 Å². The number of benzene rings is 2. The van der Waals surface area contributed by atoms with Crippen LogP contribution in [0.15, 0.2) is 60.7 Å². The number of nitrogens with one attached hydrogen (secondary N) is 1. The van der Waals surface area contributed by atoms with Gasteiger partial charge in [-0.15, -0.1) is 11.8 Å². The predicted molar refractivity (Wildman–Crippen MR) is 107 cm³/mol. The summed E-state index contributed by atoms with van der Waals surface area (Å²) in [6, 6.07) is 20.7. The Morgan fingerprint density at radius 3 is 2.50 bits per heavy atom. The minimum absolute atomic E-state index is 0.0653. The third-order valence-corrected chi connectivity index (χ3v) is 5.35. The second-order valence-corrected chi connectivity index (χ2v) is 7.48. The maximum atomic E-state index is 12.0. The van der Waals surface area contributed by atoms with Crippen molar-refractivity contribution < 1.29 is 9.53 Å². The number of ether oxygens (including phenoxy) is 1. The van der Waals surface area contributed by atoms with Crippen molar-refractivity contribution in [3.8, 4) is 0 Å².